The first kappa shape index (κ1) is 18.3. The van der Waals surface area contributed by atoms with E-state index in [9.17, 15) is 9.59 Å². The Morgan fingerprint density at radius 3 is 1.46 bits per heavy atom. The molecule has 3 heterocycles. The number of amides is 2. The van der Waals surface area contributed by atoms with Crippen LogP contribution in [-0.2, 0) is 19.1 Å². The number of epoxide rings is 2. The normalized spacial score (nSPS) is 33.7. The van der Waals surface area contributed by atoms with Gasteiger partial charge in [0.2, 0.25) is 0 Å². The van der Waals surface area contributed by atoms with Gasteiger partial charge >= 0.3 is 0 Å². The molecule has 2 aromatic rings. The van der Waals surface area contributed by atoms with Crippen LogP contribution in [0.4, 0.5) is 0 Å². The van der Waals surface area contributed by atoms with Gasteiger partial charge in [-0.1, -0.05) is 68.3 Å². The van der Waals surface area contributed by atoms with Crippen LogP contribution in [0.25, 0.3) is 0 Å². The van der Waals surface area contributed by atoms with Crippen LogP contribution < -0.4 is 0 Å². The molecule has 3 saturated heterocycles. The van der Waals surface area contributed by atoms with Gasteiger partial charge in [0.1, 0.15) is 12.2 Å². The highest BCUT2D eigenvalue weighted by Crippen LogP contribution is 2.63. The lowest BCUT2D eigenvalue weighted by molar-refractivity contribution is -0.175. The molecule has 8 heteroatoms. The van der Waals surface area contributed by atoms with Crippen LogP contribution in [0, 0.1) is 0 Å². The molecule has 3 fully saturated rings. The number of likely N-dealkylation sites (N-methyl/N-ethyl adjacent to an activating group) is 2. The highest BCUT2D eigenvalue weighted by atomic mass is 79.9. The second-order valence-electron chi connectivity index (χ2n) is 7.16. The van der Waals surface area contributed by atoms with Crippen molar-refractivity contribution in [3.8, 4) is 0 Å². The molecule has 0 unspecified atom stereocenters. The summed E-state index contributed by atoms with van der Waals surface area (Å²) in [6.07, 6.45) is -1.05. The van der Waals surface area contributed by atoms with Crippen molar-refractivity contribution in [2.45, 2.75) is 23.7 Å². The molecular formula is C20H16Br2N2O4. The first-order valence-corrected chi connectivity index (χ1v) is 10.4. The van der Waals surface area contributed by atoms with Gasteiger partial charge < -0.3 is 19.3 Å². The Labute approximate surface area is 178 Å². The van der Waals surface area contributed by atoms with Crippen LogP contribution >= 0.6 is 31.9 Å². The fraction of sp³-hybridized carbons (Fsp3) is 0.300. The number of benzene rings is 2. The average Bonchev–Trinajstić information content (AvgIpc) is 3.59. The van der Waals surface area contributed by atoms with Gasteiger partial charge in [0.05, 0.1) is 0 Å². The van der Waals surface area contributed by atoms with Crippen LogP contribution in [0.1, 0.15) is 23.3 Å². The third-order valence-electron chi connectivity index (χ3n) is 5.79. The largest absolute Gasteiger partial charge is 0.331 e. The highest BCUT2D eigenvalue weighted by Gasteiger charge is 2.81. The molecule has 4 atom stereocenters. The van der Waals surface area contributed by atoms with Crippen molar-refractivity contribution in [3.05, 3.63) is 68.6 Å². The van der Waals surface area contributed by atoms with Gasteiger partial charge in [-0.3, -0.25) is 9.59 Å². The Hall–Kier alpha value is -1.74. The van der Waals surface area contributed by atoms with Gasteiger partial charge in [-0.2, -0.15) is 0 Å². The summed E-state index contributed by atoms with van der Waals surface area (Å²) in [6.45, 7) is 0. The maximum absolute atomic E-state index is 13.4. The minimum Gasteiger partial charge on any atom is -0.331 e. The van der Waals surface area contributed by atoms with E-state index in [1.54, 1.807) is 14.1 Å². The molecule has 0 aliphatic carbocycles. The monoisotopic (exact) mass is 506 g/mol. The molecular weight excluding hydrogens is 492 g/mol. The molecule has 2 aromatic carbocycles. The SMILES string of the molecule is CN1C(=O)[C@]2(O[C@H]2c2ccccc2Br)N(C)C(=O)[C@]12O[C@@H]2c1ccccc1Br. The molecule has 5 rings (SSSR count). The van der Waals surface area contributed by atoms with E-state index < -0.39 is 23.7 Å². The zero-order valence-corrected chi connectivity index (χ0v) is 18.2. The van der Waals surface area contributed by atoms with E-state index in [0.717, 1.165) is 20.1 Å². The van der Waals surface area contributed by atoms with E-state index in [4.69, 9.17) is 9.47 Å². The second-order valence-corrected chi connectivity index (χ2v) is 8.87. The summed E-state index contributed by atoms with van der Waals surface area (Å²) in [7, 11) is 3.20. The van der Waals surface area contributed by atoms with E-state index in [2.05, 4.69) is 31.9 Å². The van der Waals surface area contributed by atoms with Gasteiger partial charge in [-0.15, -0.1) is 0 Å². The quantitative estimate of drug-likeness (QED) is 0.584. The summed E-state index contributed by atoms with van der Waals surface area (Å²) in [4.78, 5) is 29.6. The number of piperazine rings is 1. The van der Waals surface area contributed by atoms with Crippen LogP contribution in [0.15, 0.2) is 57.5 Å². The Balaban J connectivity index is 1.51. The molecule has 144 valence electrons. The van der Waals surface area contributed by atoms with Crippen molar-refractivity contribution in [1.29, 1.82) is 0 Å². The number of carbonyl (C=O) groups excluding carboxylic acids is 2. The Morgan fingerprint density at radius 1 is 0.750 bits per heavy atom. The van der Waals surface area contributed by atoms with Gasteiger partial charge in [-0.25, -0.2) is 0 Å². The predicted octanol–water partition coefficient (Wildman–Crippen LogP) is 3.38. The lowest BCUT2D eigenvalue weighted by atomic mass is 9.95. The van der Waals surface area contributed by atoms with Gasteiger partial charge in [-0.05, 0) is 12.1 Å². The average molecular weight is 508 g/mol. The molecule has 0 bridgehead atoms. The second kappa shape index (κ2) is 5.89. The van der Waals surface area contributed by atoms with Crippen molar-refractivity contribution in [2.24, 2.45) is 0 Å². The van der Waals surface area contributed by atoms with Crippen molar-refractivity contribution < 1.29 is 19.1 Å². The summed E-state index contributed by atoms with van der Waals surface area (Å²) >= 11 is 7.00. The molecule has 0 aromatic heterocycles. The first-order valence-electron chi connectivity index (χ1n) is 8.76. The van der Waals surface area contributed by atoms with E-state index in [-0.39, 0.29) is 11.8 Å². The van der Waals surface area contributed by atoms with Crippen LogP contribution in [-0.4, -0.2) is 47.2 Å². The van der Waals surface area contributed by atoms with E-state index in [1.165, 1.54) is 9.80 Å². The zero-order chi connectivity index (χ0) is 19.8. The topological polar surface area (TPSA) is 65.7 Å². The third-order valence-corrected chi connectivity index (χ3v) is 7.23. The van der Waals surface area contributed by atoms with Crippen molar-refractivity contribution >= 4 is 43.7 Å². The van der Waals surface area contributed by atoms with E-state index >= 15 is 0 Å². The lowest BCUT2D eigenvalue weighted by Gasteiger charge is -2.39. The summed E-state index contributed by atoms with van der Waals surface area (Å²) < 4.78 is 13.4. The standard InChI is InChI=1S/C20H16Br2N2O4/c1-23-17(25)20(16(28-20)12-8-4-6-10-14(12)22)24(2)18(26)19(23)15(27-19)11-7-3-5-9-13(11)21/h3-10,15-16H,1-2H3/t15-,16+,19-,20-/m0/s1. The Kier molecular flexibility index (Phi) is 3.85. The minimum absolute atomic E-state index is 0.287. The summed E-state index contributed by atoms with van der Waals surface area (Å²) in [5.74, 6) is -0.574. The zero-order valence-electron chi connectivity index (χ0n) is 15.1. The smallest absolute Gasteiger partial charge is 0.281 e. The van der Waals surface area contributed by atoms with Crippen molar-refractivity contribution in [3.63, 3.8) is 0 Å². The van der Waals surface area contributed by atoms with Crippen LogP contribution in [0.2, 0.25) is 0 Å². The summed E-state index contributed by atoms with van der Waals surface area (Å²) in [6, 6.07) is 15.1. The van der Waals surface area contributed by atoms with Gasteiger partial charge in [0.25, 0.3) is 23.3 Å². The van der Waals surface area contributed by atoms with E-state index in [0.29, 0.717) is 0 Å². The molecule has 3 aliphatic rings. The first-order chi connectivity index (χ1) is 13.4. The lowest BCUT2D eigenvalue weighted by Crippen LogP contribution is -2.67. The number of ether oxygens (including phenoxy) is 2. The Bertz CT molecular complexity index is 949. The predicted molar refractivity (Wildman–Crippen MR) is 107 cm³/mol. The molecule has 0 saturated carbocycles. The van der Waals surface area contributed by atoms with Crippen LogP contribution in [0.3, 0.4) is 0 Å². The number of hydrogen-bond acceptors (Lipinski definition) is 4. The summed E-state index contributed by atoms with van der Waals surface area (Å²) in [5, 5.41) is 0. The maximum atomic E-state index is 13.4. The van der Waals surface area contributed by atoms with Gasteiger partial charge in [0, 0.05) is 34.2 Å². The molecule has 2 amide bonds. The fourth-order valence-electron chi connectivity index (χ4n) is 4.12. The van der Waals surface area contributed by atoms with Gasteiger partial charge in [0.15, 0.2) is 0 Å². The number of rotatable bonds is 2. The minimum atomic E-state index is -1.33. The molecule has 0 radical (unpaired) electrons. The maximum Gasteiger partial charge on any atom is 0.281 e. The number of hydrogen-bond donors (Lipinski definition) is 0. The number of nitrogens with zero attached hydrogens (tertiary/aromatic N) is 2. The number of carbonyl (C=O) groups is 2. The Morgan fingerprint density at radius 2 is 1.11 bits per heavy atom. The molecule has 2 spiro atoms. The van der Waals surface area contributed by atoms with Crippen molar-refractivity contribution in [1.82, 2.24) is 9.80 Å². The number of halogens is 2. The van der Waals surface area contributed by atoms with Crippen LogP contribution in [0.5, 0.6) is 0 Å². The highest BCUT2D eigenvalue weighted by molar-refractivity contribution is 9.10. The van der Waals surface area contributed by atoms with E-state index in [1.807, 2.05) is 48.5 Å². The summed E-state index contributed by atoms with van der Waals surface area (Å²) in [5.41, 5.74) is -0.991. The molecule has 0 N–H and O–H groups in total. The third kappa shape index (κ3) is 2.14. The molecule has 28 heavy (non-hydrogen) atoms. The fourth-order valence-corrected chi connectivity index (χ4v) is 5.10. The molecule has 6 nitrogen and oxygen atoms in total. The van der Waals surface area contributed by atoms with Crippen molar-refractivity contribution in [2.75, 3.05) is 14.1 Å². The molecule has 3 aliphatic heterocycles.